The zero-order chi connectivity index (χ0) is 14.3. The van der Waals surface area contributed by atoms with Crippen molar-refractivity contribution in [1.82, 2.24) is 9.78 Å². The topological polar surface area (TPSA) is 47.1 Å². The smallest absolute Gasteiger partial charge is 0.151 e. The van der Waals surface area contributed by atoms with Crippen LogP contribution >= 0.6 is 11.3 Å². The highest BCUT2D eigenvalue weighted by Crippen LogP contribution is 2.39. The first-order valence-corrected chi connectivity index (χ1v) is 8.17. The summed E-state index contributed by atoms with van der Waals surface area (Å²) in [6.07, 6.45) is 2.17. The molecule has 2 N–H and O–H groups in total. The van der Waals surface area contributed by atoms with Gasteiger partial charge in [-0.25, -0.2) is 4.68 Å². The first-order chi connectivity index (χ1) is 9.63. The SMILES string of the molecule is CCCn1nc(C)c(N)c1N1CCc2sccc2C1C. The summed E-state index contributed by atoms with van der Waals surface area (Å²) in [7, 11) is 0. The number of thiophene rings is 1. The van der Waals surface area contributed by atoms with Gasteiger partial charge >= 0.3 is 0 Å². The van der Waals surface area contributed by atoms with Gasteiger partial charge in [-0.05, 0) is 43.7 Å². The van der Waals surface area contributed by atoms with Crippen LogP contribution < -0.4 is 10.6 Å². The maximum Gasteiger partial charge on any atom is 0.151 e. The van der Waals surface area contributed by atoms with E-state index in [1.54, 1.807) is 0 Å². The van der Waals surface area contributed by atoms with E-state index in [0.717, 1.165) is 43.1 Å². The van der Waals surface area contributed by atoms with Gasteiger partial charge in [0.25, 0.3) is 0 Å². The normalized spacial score (nSPS) is 18.4. The molecule has 108 valence electrons. The van der Waals surface area contributed by atoms with Crippen molar-refractivity contribution in [2.75, 3.05) is 17.2 Å². The molecule has 3 heterocycles. The minimum Gasteiger partial charge on any atom is -0.394 e. The molecule has 5 heteroatoms. The third-order valence-corrected chi connectivity index (χ3v) is 5.13. The van der Waals surface area contributed by atoms with Gasteiger partial charge in [-0.3, -0.25) is 0 Å². The van der Waals surface area contributed by atoms with Crippen molar-refractivity contribution in [3.63, 3.8) is 0 Å². The molecule has 0 radical (unpaired) electrons. The molecule has 0 saturated heterocycles. The summed E-state index contributed by atoms with van der Waals surface area (Å²) >= 11 is 1.87. The van der Waals surface area contributed by atoms with E-state index in [4.69, 9.17) is 5.73 Å². The zero-order valence-corrected chi connectivity index (χ0v) is 13.2. The summed E-state index contributed by atoms with van der Waals surface area (Å²) in [6, 6.07) is 2.62. The highest BCUT2D eigenvalue weighted by molar-refractivity contribution is 7.10. The molecule has 2 aromatic heterocycles. The van der Waals surface area contributed by atoms with Crippen molar-refractivity contribution >= 4 is 22.8 Å². The van der Waals surface area contributed by atoms with Crippen molar-refractivity contribution in [2.24, 2.45) is 0 Å². The van der Waals surface area contributed by atoms with Crippen LogP contribution in [0.25, 0.3) is 0 Å². The van der Waals surface area contributed by atoms with Gasteiger partial charge < -0.3 is 10.6 Å². The molecule has 2 aromatic rings. The number of hydrogen-bond donors (Lipinski definition) is 1. The van der Waals surface area contributed by atoms with Gasteiger partial charge in [0, 0.05) is 18.0 Å². The van der Waals surface area contributed by atoms with Gasteiger partial charge in [-0.15, -0.1) is 11.3 Å². The largest absolute Gasteiger partial charge is 0.394 e. The summed E-state index contributed by atoms with van der Waals surface area (Å²) in [6.45, 7) is 8.38. The lowest BCUT2D eigenvalue weighted by Crippen LogP contribution is -2.35. The van der Waals surface area contributed by atoms with E-state index in [0.29, 0.717) is 6.04 Å². The molecule has 4 nitrogen and oxygen atoms in total. The van der Waals surface area contributed by atoms with Crippen LogP contribution in [0, 0.1) is 6.92 Å². The van der Waals surface area contributed by atoms with Crippen molar-refractivity contribution < 1.29 is 0 Å². The maximum absolute atomic E-state index is 6.30. The number of nitrogens with two attached hydrogens (primary N) is 1. The van der Waals surface area contributed by atoms with Crippen molar-refractivity contribution in [1.29, 1.82) is 0 Å². The Hall–Kier alpha value is -1.49. The Balaban J connectivity index is 2.02. The standard InChI is InChI=1S/C15H22N4S/c1-4-7-19-15(14(16)10(2)17-19)18-8-5-13-12(11(18)3)6-9-20-13/h6,9,11H,4-5,7-8,16H2,1-3H3. The van der Waals surface area contributed by atoms with Gasteiger partial charge in [-0.1, -0.05) is 6.92 Å². The van der Waals surface area contributed by atoms with Gasteiger partial charge in [-0.2, -0.15) is 5.10 Å². The van der Waals surface area contributed by atoms with Gasteiger partial charge in [0.05, 0.1) is 17.4 Å². The number of aryl methyl sites for hydroxylation is 2. The van der Waals surface area contributed by atoms with Gasteiger partial charge in [0.15, 0.2) is 5.82 Å². The first-order valence-electron chi connectivity index (χ1n) is 7.29. The molecule has 0 bridgehead atoms. The quantitative estimate of drug-likeness (QED) is 0.942. The summed E-state index contributed by atoms with van der Waals surface area (Å²) < 4.78 is 2.08. The lowest BCUT2D eigenvalue weighted by atomic mass is 10.0. The molecule has 1 atom stereocenters. The fraction of sp³-hybridized carbons (Fsp3) is 0.533. The van der Waals surface area contributed by atoms with Crippen LogP contribution in [-0.4, -0.2) is 16.3 Å². The zero-order valence-electron chi connectivity index (χ0n) is 12.4. The molecule has 0 aliphatic carbocycles. The third-order valence-electron chi connectivity index (χ3n) is 4.13. The number of anilines is 2. The van der Waals surface area contributed by atoms with E-state index in [9.17, 15) is 0 Å². The molecule has 0 fully saturated rings. The second-order valence-electron chi connectivity index (χ2n) is 5.46. The molecular formula is C15H22N4S. The lowest BCUT2D eigenvalue weighted by molar-refractivity contribution is 0.553. The van der Waals surface area contributed by atoms with Crippen LogP contribution in [0.5, 0.6) is 0 Å². The number of nitrogen functional groups attached to an aromatic ring is 1. The molecule has 20 heavy (non-hydrogen) atoms. The average molecular weight is 290 g/mol. The molecular weight excluding hydrogens is 268 g/mol. The molecule has 0 spiro atoms. The number of fused-ring (bicyclic) bond motifs is 1. The monoisotopic (exact) mass is 290 g/mol. The molecule has 0 aromatic carbocycles. The number of hydrogen-bond acceptors (Lipinski definition) is 4. The third kappa shape index (κ3) is 2.00. The van der Waals surface area contributed by atoms with E-state index in [1.165, 1.54) is 10.4 Å². The predicted molar refractivity (Wildman–Crippen MR) is 85.5 cm³/mol. The maximum atomic E-state index is 6.30. The Morgan fingerprint density at radius 1 is 1.50 bits per heavy atom. The Labute approximate surface area is 124 Å². The molecule has 1 aliphatic heterocycles. The predicted octanol–water partition coefficient (Wildman–Crippen LogP) is 3.37. The summed E-state index contributed by atoms with van der Waals surface area (Å²) in [5, 5.41) is 6.80. The molecule has 1 unspecified atom stereocenters. The summed E-state index contributed by atoms with van der Waals surface area (Å²) in [5.41, 5.74) is 9.52. The van der Waals surface area contributed by atoms with Crippen LogP contribution in [0.4, 0.5) is 11.5 Å². The molecule has 3 rings (SSSR count). The van der Waals surface area contributed by atoms with Crippen LogP contribution in [0.15, 0.2) is 11.4 Å². The van der Waals surface area contributed by atoms with Crippen molar-refractivity contribution in [2.45, 2.75) is 46.2 Å². The van der Waals surface area contributed by atoms with E-state index < -0.39 is 0 Å². The van der Waals surface area contributed by atoms with Gasteiger partial charge in [0.1, 0.15) is 0 Å². The Bertz CT molecular complexity index is 613. The molecule has 0 amide bonds. The van der Waals surface area contributed by atoms with Crippen LogP contribution in [0.1, 0.15) is 42.4 Å². The summed E-state index contributed by atoms with van der Waals surface area (Å²) in [4.78, 5) is 3.94. The van der Waals surface area contributed by atoms with E-state index in [2.05, 4.69) is 40.0 Å². The van der Waals surface area contributed by atoms with Crippen molar-refractivity contribution in [3.05, 3.63) is 27.6 Å². The Morgan fingerprint density at radius 2 is 2.30 bits per heavy atom. The summed E-state index contributed by atoms with van der Waals surface area (Å²) in [5.74, 6) is 1.11. The van der Waals surface area contributed by atoms with E-state index in [-0.39, 0.29) is 0 Å². The lowest BCUT2D eigenvalue weighted by Gasteiger charge is -2.35. The number of aromatic nitrogens is 2. The highest BCUT2D eigenvalue weighted by Gasteiger charge is 2.29. The van der Waals surface area contributed by atoms with Crippen molar-refractivity contribution in [3.8, 4) is 0 Å². The second kappa shape index (κ2) is 5.13. The van der Waals surface area contributed by atoms with Crippen LogP contribution in [0.3, 0.4) is 0 Å². The van der Waals surface area contributed by atoms with Crippen LogP contribution in [0.2, 0.25) is 0 Å². The van der Waals surface area contributed by atoms with E-state index in [1.807, 2.05) is 18.3 Å². The fourth-order valence-electron chi connectivity index (χ4n) is 3.05. The van der Waals surface area contributed by atoms with Crippen LogP contribution in [-0.2, 0) is 13.0 Å². The van der Waals surface area contributed by atoms with E-state index >= 15 is 0 Å². The number of rotatable bonds is 3. The number of nitrogens with zero attached hydrogens (tertiary/aromatic N) is 3. The molecule has 0 saturated carbocycles. The minimum absolute atomic E-state index is 0.374. The first kappa shape index (κ1) is 13.5. The Kier molecular flexibility index (Phi) is 3.46. The fourth-order valence-corrected chi connectivity index (χ4v) is 4.02. The minimum atomic E-state index is 0.374. The highest BCUT2D eigenvalue weighted by atomic mass is 32.1. The second-order valence-corrected chi connectivity index (χ2v) is 6.46. The molecule has 1 aliphatic rings. The Morgan fingerprint density at radius 3 is 3.05 bits per heavy atom. The van der Waals surface area contributed by atoms with Gasteiger partial charge in [0.2, 0.25) is 0 Å². The average Bonchev–Trinajstić information content (AvgIpc) is 2.99.